The Morgan fingerprint density at radius 2 is 1.79 bits per heavy atom. The first-order valence-electron chi connectivity index (χ1n) is 10.4. The van der Waals surface area contributed by atoms with Crippen LogP contribution in [0.4, 0.5) is 10.8 Å². The van der Waals surface area contributed by atoms with Gasteiger partial charge in [0.25, 0.3) is 15.9 Å². The second kappa shape index (κ2) is 9.60. The van der Waals surface area contributed by atoms with E-state index in [2.05, 4.69) is 21.9 Å². The number of nitrogens with zero attached hydrogens (tertiary/aromatic N) is 1. The molecule has 4 aromatic rings. The maximum atomic E-state index is 12.9. The van der Waals surface area contributed by atoms with E-state index < -0.39 is 10.0 Å². The van der Waals surface area contributed by atoms with Gasteiger partial charge in [-0.1, -0.05) is 55.0 Å². The average molecular weight is 482 g/mol. The molecule has 0 aliphatic heterocycles. The van der Waals surface area contributed by atoms with Crippen LogP contribution in [-0.2, 0) is 16.4 Å². The number of hydrogen-bond donors (Lipinski definition) is 2. The molecule has 9 heteroatoms. The van der Waals surface area contributed by atoms with Crippen molar-refractivity contribution in [1.29, 1.82) is 0 Å². The molecule has 4 rings (SSSR count). The fraction of sp³-hybridized carbons (Fsp3) is 0.167. The van der Waals surface area contributed by atoms with Crippen LogP contribution in [-0.4, -0.2) is 26.4 Å². The van der Waals surface area contributed by atoms with Gasteiger partial charge in [0, 0.05) is 11.6 Å². The number of sulfonamides is 1. The van der Waals surface area contributed by atoms with Crippen molar-refractivity contribution < 1.29 is 17.9 Å². The number of fused-ring (bicyclic) bond motifs is 1. The fourth-order valence-electron chi connectivity index (χ4n) is 3.36. The van der Waals surface area contributed by atoms with Gasteiger partial charge in [-0.2, -0.15) is 0 Å². The zero-order valence-electron chi connectivity index (χ0n) is 18.2. The summed E-state index contributed by atoms with van der Waals surface area (Å²) in [6.45, 7) is 2.08. The maximum Gasteiger partial charge on any atom is 0.261 e. The summed E-state index contributed by atoms with van der Waals surface area (Å²) in [7, 11) is -2.29. The molecule has 0 bridgehead atoms. The Morgan fingerprint density at radius 3 is 2.45 bits per heavy atom. The van der Waals surface area contributed by atoms with Gasteiger partial charge in [-0.05, 0) is 42.3 Å². The van der Waals surface area contributed by atoms with Gasteiger partial charge in [0.15, 0.2) is 5.13 Å². The van der Waals surface area contributed by atoms with Crippen molar-refractivity contribution in [2.45, 2.75) is 24.7 Å². The molecule has 7 nitrogen and oxygen atoms in total. The van der Waals surface area contributed by atoms with Gasteiger partial charge in [0.1, 0.15) is 11.3 Å². The molecule has 170 valence electrons. The number of rotatable bonds is 8. The Labute approximate surface area is 196 Å². The lowest BCUT2D eigenvalue weighted by Crippen LogP contribution is -2.13. The van der Waals surface area contributed by atoms with Crippen LogP contribution in [0.25, 0.3) is 10.2 Å². The van der Waals surface area contributed by atoms with Gasteiger partial charge in [0.05, 0.1) is 22.4 Å². The molecule has 0 atom stereocenters. The number of carbonyl (C=O) groups excluding carboxylic acids is 1. The minimum atomic E-state index is -3.78. The van der Waals surface area contributed by atoms with Crippen molar-refractivity contribution in [3.8, 4) is 5.75 Å². The van der Waals surface area contributed by atoms with Crippen LogP contribution in [0.1, 0.15) is 29.3 Å². The second-order valence-corrected chi connectivity index (χ2v) is 10.1. The van der Waals surface area contributed by atoms with Crippen LogP contribution in [0.5, 0.6) is 5.75 Å². The third-order valence-corrected chi connectivity index (χ3v) is 7.28. The number of thiazole rings is 1. The fourth-order valence-corrected chi connectivity index (χ4v) is 5.32. The van der Waals surface area contributed by atoms with E-state index in [0.29, 0.717) is 32.3 Å². The molecule has 0 fully saturated rings. The van der Waals surface area contributed by atoms with Gasteiger partial charge < -0.3 is 4.74 Å². The lowest BCUT2D eigenvalue weighted by atomic mass is 10.1. The van der Waals surface area contributed by atoms with Crippen LogP contribution >= 0.6 is 11.3 Å². The maximum absolute atomic E-state index is 12.9. The average Bonchev–Trinajstić information content (AvgIpc) is 3.21. The zero-order valence-corrected chi connectivity index (χ0v) is 19.8. The Morgan fingerprint density at radius 1 is 1.06 bits per heavy atom. The number of carbonyl (C=O) groups is 1. The standard InChI is InChI=1S/C24H23N3O4S2/c1-3-7-16-10-12-19(13-11-16)33(29,30)27-18-14-20(31-2)22-21(15-18)32-24(25-22)26-23(28)17-8-5-4-6-9-17/h4-6,8-15,27H,3,7H2,1-2H3,(H,25,26,28). The molecule has 1 amide bonds. The molecule has 0 saturated heterocycles. The van der Waals surface area contributed by atoms with Crippen LogP contribution in [0.2, 0.25) is 0 Å². The van der Waals surface area contributed by atoms with Gasteiger partial charge in [-0.25, -0.2) is 13.4 Å². The lowest BCUT2D eigenvalue weighted by molar-refractivity contribution is 0.102. The van der Waals surface area contributed by atoms with E-state index in [1.54, 1.807) is 48.5 Å². The topological polar surface area (TPSA) is 97.4 Å². The molecule has 0 radical (unpaired) electrons. The highest BCUT2D eigenvalue weighted by molar-refractivity contribution is 7.92. The molecule has 0 unspecified atom stereocenters. The number of ether oxygens (including phenoxy) is 1. The quantitative estimate of drug-likeness (QED) is 0.355. The normalized spacial score (nSPS) is 11.3. The molecular formula is C24H23N3O4S2. The highest BCUT2D eigenvalue weighted by Gasteiger charge is 2.18. The second-order valence-electron chi connectivity index (χ2n) is 7.36. The van der Waals surface area contributed by atoms with Crippen molar-refractivity contribution in [2.24, 2.45) is 0 Å². The highest BCUT2D eigenvalue weighted by atomic mass is 32.2. The van der Waals surface area contributed by atoms with Crippen molar-refractivity contribution in [2.75, 3.05) is 17.1 Å². The number of benzene rings is 3. The highest BCUT2D eigenvalue weighted by Crippen LogP contribution is 2.36. The van der Waals surface area contributed by atoms with Crippen LogP contribution in [0, 0.1) is 0 Å². The largest absolute Gasteiger partial charge is 0.494 e. The Kier molecular flexibility index (Phi) is 6.62. The Hall–Kier alpha value is -3.43. The van der Waals surface area contributed by atoms with Crippen molar-refractivity contribution >= 4 is 48.3 Å². The summed E-state index contributed by atoms with van der Waals surface area (Å²) >= 11 is 1.24. The van der Waals surface area contributed by atoms with Crippen molar-refractivity contribution in [3.63, 3.8) is 0 Å². The monoisotopic (exact) mass is 481 g/mol. The summed E-state index contributed by atoms with van der Waals surface area (Å²) in [6.07, 6.45) is 1.89. The first-order chi connectivity index (χ1) is 15.9. The zero-order chi connectivity index (χ0) is 23.4. The van der Waals surface area contributed by atoms with Crippen LogP contribution < -0.4 is 14.8 Å². The van der Waals surface area contributed by atoms with Gasteiger partial charge >= 0.3 is 0 Å². The number of aromatic nitrogens is 1. The molecule has 1 aromatic heterocycles. The minimum Gasteiger partial charge on any atom is -0.494 e. The van der Waals surface area contributed by atoms with Crippen molar-refractivity contribution in [1.82, 2.24) is 4.98 Å². The van der Waals surface area contributed by atoms with Crippen molar-refractivity contribution in [3.05, 3.63) is 77.9 Å². The molecule has 0 aliphatic carbocycles. The molecule has 0 saturated carbocycles. The van der Waals surface area contributed by atoms with Crippen LogP contribution in [0.3, 0.4) is 0 Å². The summed E-state index contributed by atoms with van der Waals surface area (Å²) in [5.74, 6) is 0.126. The van der Waals surface area contributed by atoms with E-state index in [9.17, 15) is 13.2 Å². The molecule has 0 aliphatic rings. The van der Waals surface area contributed by atoms with E-state index in [1.165, 1.54) is 18.4 Å². The molecule has 33 heavy (non-hydrogen) atoms. The first-order valence-corrected chi connectivity index (χ1v) is 12.7. The summed E-state index contributed by atoms with van der Waals surface area (Å²) in [5.41, 5.74) is 2.50. The molecule has 1 heterocycles. The molecule has 2 N–H and O–H groups in total. The predicted octanol–water partition coefficient (Wildman–Crippen LogP) is 5.31. The minimum absolute atomic E-state index is 0.182. The van der Waals surface area contributed by atoms with E-state index in [1.807, 2.05) is 18.2 Å². The van der Waals surface area contributed by atoms with E-state index >= 15 is 0 Å². The number of methoxy groups -OCH3 is 1. The smallest absolute Gasteiger partial charge is 0.261 e. The third-order valence-electron chi connectivity index (χ3n) is 4.96. The summed E-state index contributed by atoms with van der Waals surface area (Å²) in [6, 6.07) is 18.9. The van der Waals surface area contributed by atoms with E-state index in [0.717, 1.165) is 18.4 Å². The predicted molar refractivity (Wildman–Crippen MR) is 132 cm³/mol. The summed E-state index contributed by atoms with van der Waals surface area (Å²) in [5, 5.41) is 3.17. The van der Waals surface area contributed by atoms with Gasteiger partial charge in [0.2, 0.25) is 0 Å². The summed E-state index contributed by atoms with van der Waals surface area (Å²) in [4.78, 5) is 17.1. The Balaban J connectivity index is 1.60. The number of hydrogen-bond acceptors (Lipinski definition) is 6. The number of nitrogens with one attached hydrogen (secondary N) is 2. The molecular weight excluding hydrogens is 458 g/mol. The lowest BCUT2D eigenvalue weighted by Gasteiger charge is -2.10. The third kappa shape index (κ3) is 5.15. The molecule has 3 aromatic carbocycles. The SMILES string of the molecule is CCCc1ccc(S(=O)(=O)Nc2cc(OC)c3nc(NC(=O)c4ccccc4)sc3c2)cc1. The van der Waals surface area contributed by atoms with Gasteiger partial charge in [-0.15, -0.1) is 0 Å². The van der Waals surface area contributed by atoms with E-state index in [4.69, 9.17) is 4.74 Å². The van der Waals surface area contributed by atoms with E-state index in [-0.39, 0.29) is 10.8 Å². The Bertz CT molecular complexity index is 1380. The number of amides is 1. The first kappa shape index (κ1) is 22.8. The summed E-state index contributed by atoms with van der Waals surface area (Å²) < 4.78 is 34.5. The van der Waals surface area contributed by atoms with Crippen LogP contribution in [0.15, 0.2) is 71.6 Å². The van der Waals surface area contributed by atoms with Gasteiger partial charge in [-0.3, -0.25) is 14.8 Å². The number of anilines is 2. The molecule has 0 spiro atoms. The number of aryl methyl sites for hydroxylation is 1.